The molecule has 2 aromatic rings. The van der Waals surface area contributed by atoms with Gasteiger partial charge in [0.2, 0.25) is 0 Å². The van der Waals surface area contributed by atoms with Crippen molar-refractivity contribution in [3.63, 3.8) is 0 Å². The number of carbonyl (C=O) groups excluding carboxylic acids is 1. The SMILES string of the molecule is Cc1cc(C)c(NC(=O)C(C)Oc2ccc(F)cc2Br)c(C)c1. The highest BCUT2D eigenvalue weighted by Crippen LogP contribution is 2.27. The van der Waals surface area contributed by atoms with Gasteiger partial charge in [-0.15, -0.1) is 0 Å². The van der Waals surface area contributed by atoms with E-state index in [-0.39, 0.29) is 11.7 Å². The van der Waals surface area contributed by atoms with Crippen LogP contribution in [0, 0.1) is 26.6 Å². The molecule has 0 radical (unpaired) electrons. The van der Waals surface area contributed by atoms with Gasteiger partial charge in [-0.2, -0.15) is 0 Å². The first-order valence-electron chi connectivity index (χ1n) is 7.28. The Morgan fingerprint density at radius 1 is 1.17 bits per heavy atom. The Bertz CT molecular complexity index is 723. The van der Waals surface area contributed by atoms with E-state index in [9.17, 15) is 9.18 Å². The quantitative estimate of drug-likeness (QED) is 0.818. The average Bonchev–Trinajstić information content (AvgIpc) is 2.45. The molecule has 1 N–H and O–H groups in total. The summed E-state index contributed by atoms with van der Waals surface area (Å²) in [7, 11) is 0. The highest BCUT2D eigenvalue weighted by molar-refractivity contribution is 9.10. The maximum absolute atomic E-state index is 13.1. The van der Waals surface area contributed by atoms with Crippen LogP contribution in [0.2, 0.25) is 0 Å². The minimum absolute atomic E-state index is 0.253. The molecule has 0 saturated heterocycles. The van der Waals surface area contributed by atoms with Crippen LogP contribution in [0.15, 0.2) is 34.8 Å². The van der Waals surface area contributed by atoms with Crippen LogP contribution in [0.4, 0.5) is 10.1 Å². The Hall–Kier alpha value is -1.88. The van der Waals surface area contributed by atoms with Crippen molar-refractivity contribution in [2.45, 2.75) is 33.8 Å². The normalized spacial score (nSPS) is 11.9. The van der Waals surface area contributed by atoms with Gasteiger partial charge in [-0.1, -0.05) is 17.7 Å². The molecule has 0 saturated carbocycles. The molecule has 3 nitrogen and oxygen atoms in total. The maximum Gasteiger partial charge on any atom is 0.265 e. The summed E-state index contributed by atoms with van der Waals surface area (Å²) in [5.74, 6) is -0.199. The highest BCUT2D eigenvalue weighted by atomic mass is 79.9. The first kappa shape index (κ1) is 17.5. The lowest BCUT2D eigenvalue weighted by Gasteiger charge is -2.18. The van der Waals surface area contributed by atoms with Gasteiger partial charge in [0.25, 0.3) is 5.91 Å². The van der Waals surface area contributed by atoms with Crippen molar-refractivity contribution < 1.29 is 13.9 Å². The predicted octanol–water partition coefficient (Wildman–Crippen LogP) is 4.92. The van der Waals surface area contributed by atoms with E-state index < -0.39 is 6.10 Å². The number of benzene rings is 2. The second-order valence-electron chi connectivity index (χ2n) is 5.60. The third kappa shape index (κ3) is 4.32. The Balaban J connectivity index is 2.11. The van der Waals surface area contributed by atoms with Crippen molar-refractivity contribution in [2.75, 3.05) is 5.32 Å². The van der Waals surface area contributed by atoms with Gasteiger partial charge < -0.3 is 10.1 Å². The molecule has 0 aliphatic carbocycles. The minimum atomic E-state index is -0.711. The third-order valence-electron chi connectivity index (χ3n) is 3.49. The molecule has 5 heteroatoms. The first-order valence-corrected chi connectivity index (χ1v) is 8.07. The van der Waals surface area contributed by atoms with Crippen molar-refractivity contribution in [1.29, 1.82) is 0 Å². The first-order chi connectivity index (χ1) is 10.8. The van der Waals surface area contributed by atoms with Crippen molar-refractivity contribution in [3.05, 3.63) is 57.3 Å². The fourth-order valence-corrected chi connectivity index (χ4v) is 2.86. The van der Waals surface area contributed by atoms with E-state index >= 15 is 0 Å². The molecule has 122 valence electrons. The van der Waals surface area contributed by atoms with Crippen LogP contribution < -0.4 is 10.1 Å². The molecule has 0 aromatic heterocycles. The summed E-state index contributed by atoms with van der Waals surface area (Å²) in [4.78, 5) is 12.4. The van der Waals surface area contributed by atoms with Crippen LogP contribution in [-0.2, 0) is 4.79 Å². The van der Waals surface area contributed by atoms with Gasteiger partial charge in [0.15, 0.2) is 6.10 Å². The zero-order valence-corrected chi connectivity index (χ0v) is 15.1. The molecule has 2 rings (SSSR count). The lowest BCUT2D eigenvalue weighted by atomic mass is 10.0. The van der Waals surface area contributed by atoms with Crippen LogP contribution in [-0.4, -0.2) is 12.0 Å². The standard InChI is InChI=1S/C18H19BrFNO2/c1-10-7-11(2)17(12(3)8-10)21-18(22)13(4)23-16-6-5-14(20)9-15(16)19/h5-9,13H,1-4H3,(H,21,22). The summed E-state index contributed by atoms with van der Waals surface area (Å²) in [6, 6.07) is 8.12. The van der Waals surface area contributed by atoms with Crippen LogP contribution in [0.25, 0.3) is 0 Å². The number of halogens is 2. The summed E-state index contributed by atoms with van der Waals surface area (Å²) in [6.45, 7) is 7.59. The highest BCUT2D eigenvalue weighted by Gasteiger charge is 2.18. The van der Waals surface area contributed by atoms with E-state index in [0.717, 1.165) is 22.4 Å². The van der Waals surface area contributed by atoms with Gasteiger partial charge in [-0.3, -0.25) is 4.79 Å². The maximum atomic E-state index is 13.1. The molecular formula is C18H19BrFNO2. The lowest BCUT2D eigenvalue weighted by Crippen LogP contribution is -2.30. The molecule has 1 atom stereocenters. The number of nitrogens with one attached hydrogen (secondary N) is 1. The van der Waals surface area contributed by atoms with E-state index in [1.807, 2.05) is 32.9 Å². The van der Waals surface area contributed by atoms with Gasteiger partial charge in [-0.05, 0) is 73.0 Å². The van der Waals surface area contributed by atoms with Crippen LogP contribution in [0.3, 0.4) is 0 Å². The van der Waals surface area contributed by atoms with E-state index in [1.165, 1.54) is 18.2 Å². The van der Waals surface area contributed by atoms with Crippen molar-refractivity contribution in [3.8, 4) is 5.75 Å². The zero-order valence-electron chi connectivity index (χ0n) is 13.5. The summed E-state index contributed by atoms with van der Waals surface area (Å²) < 4.78 is 19.2. The monoisotopic (exact) mass is 379 g/mol. The van der Waals surface area contributed by atoms with Crippen molar-refractivity contribution in [2.24, 2.45) is 0 Å². The Labute approximate surface area is 144 Å². The lowest BCUT2D eigenvalue weighted by molar-refractivity contribution is -0.122. The molecule has 0 aliphatic heterocycles. The van der Waals surface area contributed by atoms with Crippen LogP contribution in [0.5, 0.6) is 5.75 Å². The van der Waals surface area contributed by atoms with Gasteiger partial charge in [0.1, 0.15) is 11.6 Å². The summed E-state index contributed by atoms with van der Waals surface area (Å²) in [6.07, 6.45) is -0.711. The second-order valence-corrected chi connectivity index (χ2v) is 6.45. The Morgan fingerprint density at radius 3 is 2.35 bits per heavy atom. The Kier molecular flexibility index (Phi) is 5.42. The number of ether oxygens (including phenoxy) is 1. The smallest absolute Gasteiger partial charge is 0.265 e. The van der Waals surface area contributed by atoms with Gasteiger partial charge in [0.05, 0.1) is 4.47 Å². The van der Waals surface area contributed by atoms with E-state index in [1.54, 1.807) is 6.92 Å². The molecule has 2 aromatic carbocycles. The van der Waals surface area contributed by atoms with Gasteiger partial charge in [-0.25, -0.2) is 4.39 Å². The van der Waals surface area contributed by atoms with Crippen molar-refractivity contribution >= 4 is 27.5 Å². The van der Waals surface area contributed by atoms with E-state index in [2.05, 4.69) is 21.2 Å². The number of carbonyl (C=O) groups is 1. The third-order valence-corrected chi connectivity index (χ3v) is 4.11. The number of amides is 1. The molecule has 0 bridgehead atoms. The molecule has 0 spiro atoms. The summed E-state index contributed by atoms with van der Waals surface area (Å²) >= 11 is 3.23. The molecule has 23 heavy (non-hydrogen) atoms. The largest absolute Gasteiger partial charge is 0.480 e. The number of hydrogen-bond donors (Lipinski definition) is 1. The average molecular weight is 380 g/mol. The van der Waals surface area contributed by atoms with E-state index in [4.69, 9.17) is 4.74 Å². The van der Waals surface area contributed by atoms with Gasteiger partial charge >= 0.3 is 0 Å². The van der Waals surface area contributed by atoms with Crippen LogP contribution >= 0.6 is 15.9 Å². The minimum Gasteiger partial charge on any atom is -0.480 e. The number of hydrogen-bond acceptors (Lipinski definition) is 2. The fraction of sp³-hybridized carbons (Fsp3) is 0.278. The molecule has 1 amide bonds. The topological polar surface area (TPSA) is 38.3 Å². The van der Waals surface area contributed by atoms with Crippen molar-refractivity contribution in [1.82, 2.24) is 0 Å². The molecular weight excluding hydrogens is 361 g/mol. The molecule has 0 aliphatic rings. The zero-order chi connectivity index (χ0) is 17.1. The Morgan fingerprint density at radius 2 is 1.78 bits per heavy atom. The second kappa shape index (κ2) is 7.13. The fourth-order valence-electron chi connectivity index (χ4n) is 2.42. The number of aryl methyl sites for hydroxylation is 3. The summed E-state index contributed by atoms with van der Waals surface area (Å²) in [5, 5.41) is 2.90. The molecule has 1 unspecified atom stereocenters. The summed E-state index contributed by atoms with van der Waals surface area (Å²) in [5.41, 5.74) is 3.96. The van der Waals surface area contributed by atoms with Crippen LogP contribution in [0.1, 0.15) is 23.6 Å². The van der Waals surface area contributed by atoms with Gasteiger partial charge in [0, 0.05) is 5.69 Å². The molecule has 0 fully saturated rings. The number of rotatable bonds is 4. The van der Waals surface area contributed by atoms with E-state index in [0.29, 0.717) is 10.2 Å². The molecule has 0 heterocycles. The number of anilines is 1. The predicted molar refractivity (Wildman–Crippen MR) is 93.5 cm³/mol.